The smallest absolute Gasteiger partial charge is 0.159 e. The van der Waals surface area contributed by atoms with Crippen molar-refractivity contribution in [1.29, 1.82) is 0 Å². The molecule has 1 fully saturated rings. The molecule has 0 bridgehead atoms. The minimum absolute atomic E-state index is 0.0755. The molecule has 0 spiro atoms. The molecule has 0 amide bonds. The van der Waals surface area contributed by atoms with Crippen LogP contribution in [0, 0.1) is 0 Å². The van der Waals surface area contributed by atoms with E-state index in [4.69, 9.17) is 16.3 Å². The number of rotatable bonds is 8. The van der Waals surface area contributed by atoms with Gasteiger partial charge in [-0.1, -0.05) is 23.7 Å². The number of carbonyl (C=O) groups excluding carboxylic acids is 1. The zero-order valence-corrected chi connectivity index (χ0v) is 22.0. The van der Waals surface area contributed by atoms with Crippen molar-refractivity contribution in [3.05, 3.63) is 90.1 Å². The number of fused-ring (bicyclic) bond motifs is 2. The average Bonchev–Trinajstić information content (AvgIpc) is 3.57. The molecule has 6 rings (SSSR count). The van der Waals surface area contributed by atoms with Crippen LogP contribution in [0.2, 0.25) is 5.02 Å². The SMILES string of the molecule is CN1CCC[C@@H]1/C=C/C(=O)Cc1ccc2ncnc(Nc3ccc(Oc4ccn5ncnc5c4)c(Cl)c3)c2c1. The minimum atomic E-state index is 0.0755. The molecular weight excluding hydrogens is 514 g/mol. The number of aromatic nitrogens is 5. The van der Waals surface area contributed by atoms with Crippen molar-refractivity contribution in [3.8, 4) is 11.5 Å². The first-order chi connectivity index (χ1) is 19.0. The van der Waals surface area contributed by atoms with Crippen LogP contribution >= 0.6 is 11.6 Å². The highest BCUT2D eigenvalue weighted by Crippen LogP contribution is 2.33. The Morgan fingerprint density at radius 3 is 2.90 bits per heavy atom. The first kappa shape index (κ1) is 25.0. The predicted molar refractivity (Wildman–Crippen MR) is 151 cm³/mol. The zero-order chi connectivity index (χ0) is 26.8. The van der Waals surface area contributed by atoms with Crippen LogP contribution in [0.5, 0.6) is 11.5 Å². The Bertz CT molecular complexity index is 1700. The molecule has 1 atom stereocenters. The van der Waals surface area contributed by atoms with E-state index in [2.05, 4.69) is 37.3 Å². The van der Waals surface area contributed by atoms with Crippen LogP contribution in [0.15, 0.2) is 79.5 Å². The van der Waals surface area contributed by atoms with Gasteiger partial charge in [0.2, 0.25) is 0 Å². The molecule has 39 heavy (non-hydrogen) atoms. The third-order valence-corrected chi connectivity index (χ3v) is 7.13. The number of ketones is 1. The second-order valence-electron chi connectivity index (χ2n) is 9.56. The number of anilines is 2. The summed E-state index contributed by atoms with van der Waals surface area (Å²) in [6.45, 7) is 1.07. The molecule has 0 saturated carbocycles. The molecule has 1 N–H and O–H groups in total. The maximum Gasteiger partial charge on any atom is 0.159 e. The third kappa shape index (κ3) is 5.59. The van der Waals surface area contributed by atoms with Gasteiger partial charge >= 0.3 is 0 Å². The van der Waals surface area contributed by atoms with Crippen LogP contribution in [0.25, 0.3) is 16.6 Å². The maximum atomic E-state index is 12.7. The molecule has 3 aromatic heterocycles. The molecule has 196 valence electrons. The van der Waals surface area contributed by atoms with Crippen LogP contribution in [-0.2, 0) is 11.2 Å². The number of nitrogens with zero attached hydrogens (tertiary/aromatic N) is 6. The van der Waals surface area contributed by atoms with Gasteiger partial charge in [-0.05, 0) is 74.5 Å². The van der Waals surface area contributed by atoms with Crippen LogP contribution in [0.1, 0.15) is 18.4 Å². The van der Waals surface area contributed by atoms with Crippen LogP contribution in [0.4, 0.5) is 11.5 Å². The zero-order valence-electron chi connectivity index (χ0n) is 21.3. The molecule has 0 aliphatic carbocycles. The summed E-state index contributed by atoms with van der Waals surface area (Å²) in [5.41, 5.74) is 3.10. The summed E-state index contributed by atoms with van der Waals surface area (Å²) in [5.74, 6) is 1.81. The van der Waals surface area contributed by atoms with Gasteiger partial charge in [0.15, 0.2) is 11.4 Å². The minimum Gasteiger partial charge on any atom is -0.456 e. The summed E-state index contributed by atoms with van der Waals surface area (Å²) in [6, 6.07) is 15.2. The number of likely N-dealkylation sites (tertiary alicyclic amines) is 1. The first-order valence-corrected chi connectivity index (χ1v) is 13.1. The standard InChI is InChI=1S/C29H26ClN7O2/c1-36-11-2-3-21(36)6-7-22(38)13-19-4-8-26-24(14-19)29(33-17-31-26)35-20-5-9-27(25(30)15-20)39-23-10-12-37-28(16-23)32-18-34-37/h4-10,12,14-18,21H,2-3,11,13H2,1H3,(H,31,33,35)/b7-6+/t21-/m1/s1. The number of hydrogen-bond acceptors (Lipinski definition) is 8. The topological polar surface area (TPSA) is 97.5 Å². The van der Waals surface area contributed by atoms with Crippen molar-refractivity contribution in [1.82, 2.24) is 29.5 Å². The van der Waals surface area contributed by atoms with Gasteiger partial charge in [-0.25, -0.2) is 19.5 Å². The van der Waals surface area contributed by atoms with E-state index in [-0.39, 0.29) is 5.78 Å². The molecule has 5 aromatic rings. The monoisotopic (exact) mass is 539 g/mol. The number of allylic oxidation sites excluding steroid dienone is 1. The Morgan fingerprint density at radius 2 is 2.05 bits per heavy atom. The summed E-state index contributed by atoms with van der Waals surface area (Å²) >= 11 is 6.55. The van der Waals surface area contributed by atoms with Gasteiger partial charge in [-0.2, -0.15) is 5.10 Å². The highest BCUT2D eigenvalue weighted by atomic mass is 35.5. The molecule has 1 saturated heterocycles. The van der Waals surface area contributed by atoms with Crippen molar-refractivity contribution in [2.24, 2.45) is 0 Å². The number of carbonyl (C=O) groups is 1. The van der Waals surface area contributed by atoms with E-state index >= 15 is 0 Å². The third-order valence-electron chi connectivity index (χ3n) is 6.83. The quantitative estimate of drug-likeness (QED) is 0.254. The summed E-state index contributed by atoms with van der Waals surface area (Å²) < 4.78 is 7.62. The second kappa shape index (κ2) is 10.8. The Morgan fingerprint density at radius 1 is 1.13 bits per heavy atom. The maximum absolute atomic E-state index is 12.7. The Balaban J connectivity index is 1.18. The van der Waals surface area contributed by atoms with E-state index in [1.54, 1.807) is 41.1 Å². The fraction of sp³-hybridized carbons (Fsp3) is 0.207. The van der Waals surface area contributed by atoms with E-state index in [0.717, 1.165) is 35.1 Å². The number of benzene rings is 2. The molecule has 1 aliphatic heterocycles. The van der Waals surface area contributed by atoms with Gasteiger partial charge in [-0.15, -0.1) is 0 Å². The van der Waals surface area contributed by atoms with E-state index in [0.29, 0.717) is 40.4 Å². The van der Waals surface area contributed by atoms with Crippen LogP contribution in [-0.4, -0.2) is 54.9 Å². The van der Waals surface area contributed by atoms with Crippen molar-refractivity contribution in [3.63, 3.8) is 0 Å². The van der Waals surface area contributed by atoms with E-state index in [9.17, 15) is 4.79 Å². The van der Waals surface area contributed by atoms with E-state index in [1.807, 2.05) is 30.3 Å². The summed E-state index contributed by atoms with van der Waals surface area (Å²) in [5, 5.41) is 8.67. The molecule has 1 aliphatic rings. The van der Waals surface area contributed by atoms with Gasteiger partial charge in [-0.3, -0.25) is 9.69 Å². The van der Waals surface area contributed by atoms with Crippen LogP contribution in [0.3, 0.4) is 0 Å². The highest BCUT2D eigenvalue weighted by Gasteiger charge is 2.18. The Labute approximate surface area is 230 Å². The summed E-state index contributed by atoms with van der Waals surface area (Å²) in [6.07, 6.45) is 11.1. The number of hydrogen-bond donors (Lipinski definition) is 1. The average molecular weight is 540 g/mol. The van der Waals surface area contributed by atoms with Gasteiger partial charge in [0.05, 0.1) is 10.5 Å². The molecule has 0 unspecified atom stereocenters. The van der Waals surface area contributed by atoms with Crippen molar-refractivity contribution in [2.75, 3.05) is 18.9 Å². The highest BCUT2D eigenvalue weighted by molar-refractivity contribution is 6.32. The molecule has 9 nitrogen and oxygen atoms in total. The predicted octanol–water partition coefficient (Wildman–Crippen LogP) is 5.62. The van der Waals surface area contributed by atoms with Gasteiger partial charge in [0, 0.05) is 35.8 Å². The Hall–Kier alpha value is -4.34. The summed E-state index contributed by atoms with van der Waals surface area (Å²) in [4.78, 5) is 27.9. The Kier molecular flexibility index (Phi) is 6.91. The second-order valence-corrected chi connectivity index (χ2v) is 9.97. The summed E-state index contributed by atoms with van der Waals surface area (Å²) in [7, 11) is 2.10. The molecule has 2 aromatic carbocycles. The van der Waals surface area contributed by atoms with Crippen LogP contribution < -0.4 is 10.1 Å². The normalized spacial score (nSPS) is 15.9. The van der Waals surface area contributed by atoms with E-state index in [1.165, 1.54) is 19.1 Å². The number of nitrogens with one attached hydrogen (secondary N) is 1. The van der Waals surface area contributed by atoms with Gasteiger partial charge in [0.25, 0.3) is 0 Å². The lowest BCUT2D eigenvalue weighted by Crippen LogP contribution is -2.22. The number of halogens is 1. The van der Waals surface area contributed by atoms with Crippen molar-refractivity contribution >= 4 is 45.4 Å². The molecule has 4 heterocycles. The number of likely N-dealkylation sites (N-methyl/N-ethyl adjacent to an activating group) is 1. The lowest BCUT2D eigenvalue weighted by Gasteiger charge is -2.14. The number of pyridine rings is 1. The first-order valence-electron chi connectivity index (χ1n) is 12.7. The molecule has 10 heteroatoms. The van der Waals surface area contributed by atoms with E-state index < -0.39 is 0 Å². The largest absolute Gasteiger partial charge is 0.456 e. The molecule has 0 radical (unpaired) electrons. The van der Waals surface area contributed by atoms with Gasteiger partial charge < -0.3 is 10.1 Å². The van der Waals surface area contributed by atoms with Crippen molar-refractivity contribution < 1.29 is 9.53 Å². The van der Waals surface area contributed by atoms with Gasteiger partial charge in [0.1, 0.15) is 30.0 Å². The molecular formula is C29H26ClN7O2. The van der Waals surface area contributed by atoms with Crippen molar-refractivity contribution in [2.45, 2.75) is 25.3 Å². The number of ether oxygens (including phenoxy) is 1. The fourth-order valence-electron chi connectivity index (χ4n) is 4.76. The lowest BCUT2D eigenvalue weighted by atomic mass is 10.0. The lowest BCUT2D eigenvalue weighted by molar-refractivity contribution is -0.114. The fourth-order valence-corrected chi connectivity index (χ4v) is 4.98.